The number of nitrogens with zero attached hydrogens (tertiary/aromatic N) is 1. The zero-order valence-corrected chi connectivity index (χ0v) is 12.5. The molecule has 1 aromatic carbocycles. The maximum atomic E-state index is 11.5. The van der Waals surface area contributed by atoms with Gasteiger partial charge in [-0.15, -0.1) is 0 Å². The van der Waals surface area contributed by atoms with Crippen LogP contribution in [0, 0.1) is 0 Å². The van der Waals surface area contributed by atoms with E-state index >= 15 is 0 Å². The van der Waals surface area contributed by atoms with Crippen LogP contribution in [0.15, 0.2) is 47.5 Å². The Morgan fingerprint density at radius 3 is 2.62 bits per heavy atom. The summed E-state index contributed by atoms with van der Waals surface area (Å²) in [5, 5.41) is 10.6. The first kappa shape index (κ1) is 14.2. The number of aliphatic hydroxyl groups excluding tert-OH is 1. The van der Waals surface area contributed by atoms with Gasteiger partial charge in [0.25, 0.3) is 0 Å². The third-order valence-electron chi connectivity index (χ3n) is 4.03. The maximum absolute atomic E-state index is 11.5. The van der Waals surface area contributed by atoms with Crippen molar-refractivity contribution in [3.8, 4) is 0 Å². The number of hydrogen-bond donors (Lipinski definition) is 1. The van der Waals surface area contributed by atoms with Gasteiger partial charge in [-0.25, -0.2) is 8.42 Å². The normalized spacial score (nSPS) is 19.2. The first-order chi connectivity index (χ1) is 9.97. The van der Waals surface area contributed by atoms with E-state index in [9.17, 15) is 13.5 Å². The van der Waals surface area contributed by atoms with E-state index in [1.165, 1.54) is 11.8 Å². The fourth-order valence-electron chi connectivity index (χ4n) is 2.90. The molecular formula is C16H17NO3S. The Bertz CT molecular complexity index is 753. The molecule has 1 aliphatic carbocycles. The largest absolute Gasteiger partial charge is 0.388 e. The fraction of sp³-hybridized carbons (Fsp3) is 0.312. The second kappa shape index (κ2) is 5.24. The Hall–Kier alpha value is -1.72. The summed E-state index contributed by atoms with van der Waals surface area (Å²) in [4.78, 5) is 4.66. The van der Waals surface area contributed by atoms with Gasteiger partial charge in [0.05, 0.1) is 11.0 Å². The quantitative estimate of drug-likeness (QED) is 0.944. The first-order valence-corrected chi connectivity index (χ1v) is 8.78. The second-order valence-corrected chi connectivity index (χ2v) is 7.49. The lowest BCUT2D eigenvalue weighted by molar-refractivity contribution is 0.143. The Labute approximate surface area is 124 Å². The van der Waals surface area contributed by atoms with Crippen LogP contribution in [0.5, 0.6) is 0 Å². The lowest BCUT2D eigenvalue weighted by Gasteiger charge is -2.19. The Balaban J connectivity index is 1.88. The number of aryl methyl sites for hydroxylation is 1. The van der Waals surface area contributed by atoms with Gasteiger partial charge in [-0.1, -0.05) is 18.2 Å². The van der Waals surface area contributed by atoms with Crippen molar-refractivity contribution in [2.45, 2.75) is 29.8 Å². The van der Waals surface area contributed by atoms with Crippen LogP contribution in [0.2, 0.25) is 0 Å². The van der Waals surface area contributed by atoms with Gasteiger partial charge in [0.15, 0.2) is 9.84 Å². The molecular weight excluding hydrogens is 286 g/mol. The van der Waals surface area contributed by atoms with E-state index in [-0.39, 0.29) is 10.8 Å². The van der Waals surface area contributed by atoms with E-state index in [0.29, 0.717) is 0 Å². The highest BCUT2D eigenvalue weighted by Gasteiger charge is 2.30. The van der Waals surface area contributed by atoms with Crippen molar-refractivity contribution >= 4 is 9.84 Å². The molecule has 0 amide bonds. The van der Waals surface area contributed by atoms with Gasteiger partial charge in [-0.2, -0.15) is 0 Å². The number of fused-ring (bicyclic) bond motifs is 1. The lowest BCUT2D eigenvalue weighted by atomic mass is 9.93. The van der Waals surface area contributed by atoms with Crippen molar-refractivity contribution < 1.29 is 13.5 Å². The Morgan fingerprint density at radius 1 is 1.24 bits per heavy atom. The summed E-state index contributed by atoms with van der Waals surface area (Å²) in [6.07, 6.45) is 4.05. The molecule has 21 heavy (non-hydrogen) atoms. The van der Waals surface area contributed by atoms with Crippen molar-refractivity contribution in [3.05, 3.63) is 59.4 Å². The van der Waals surface area contributed by atoms with Crippen LogP contribution in [0.3, 0.4) is 0 Å². The molecule has 0 saturated carbocycles. The van der Waals surface area contributed by atoms with Gasteiger partial charge in [0.1, 0.15) is 0 Å². The molecule has 0 fully saturated rings. The highest BCUT2D eigenvalue weighted by Crippen LogP contribution is 2.40. The number of sulfone groups is 1. The molecule has 3 rings (SSSR count). The molecule has 1 N–H and O–H groups in total. The molecule has 1 aliphatic rings. The molecule has 1 heterocycles. The van der Waals surface area contributed by atoms with Crippen molar-refractivity contribution in [1.29, 1.82) is 0 Å². The highest BCUT2D eigenvalue weighted by atomic mass is 32.2. The maximum Gasteiger partial charge on any atom is 0.175 e. The lowest BCUT2D eigenvalue weighted by Crippen LogP contribution is -2.09. The van der Waals surface area contributed by atoms with E-state index in [2.05, 4.69) is 4.98 Å². The predicted octanol–water partition coefficient (Wildman–Crippen LogP) is 2.25. The minimum atomic E-state index is -3.21. The van der Waals surface area contributed by atoms with E-state index in [1.807, 2.05) is 12.1 Å². The van der Waals surface area contributed by atoms with Gasteiger partial charge >= 0.3 is 0 Å². The number of aliphatic hydroxyl groups is 1. The molecule has 0 aliphatic heterocycles. The number of pyridine rings is 1. The molecule has 110 valence electrons. The summed E-state index contributed by atoms with van der Waals surface area (Å²) in [7, 11) is -3.21. The molecule has 0 spiro atoms. The number of aromatic nitrogens is 1. The molecule has 1 aromatic heterocycles. The van der Waals surface area contributed by atoms with E-state index in [1.54, 1.807) is 30.5 Å². The van der Waals surface area contributed by atoms with Crippen molar-refractivity contribution in [2.75, 3.05) is 6.26 Å². The van der Waals surface area contributed by atoms with Crippen LogP contribution in [0.1, 0.15) is 35.3 Å². The summed E-state index contributed by atoms with van der Waals surface area (Å²) < 4.78 is 22.9. The summed E-state index contributed by atoms with van der Waals surface area (Å²) in [5.74, 6) is -0.0229. The molecule has 2 atom stereocenters. The van der Waals surface area contributed by atoms with Gasteiger partial charge < -0.3 is 5.11 Å². The third-order valence-corrected chi connectivity index (χ3v) is 5.16. The average Bonchev–Trinajstić information content (AvgIpc) is 2.90. The number of benzene rings is 1. The van der Waals surface area contributed by atoms with Crippen LogP contribution in [-0.2, 0) is 16.3 Å². The van der Waals surface area contributed by atoms with Gasteiger partial charge in [0, 0.05) is 24.1 Å². The number of rotatable bonds is 3. The molecule has 5 heteroatoms. The van der Waals surface area contributed by atoms with Crippen LogP contribution >= 0.6 is 0 Å². The van der Waals surface area contributed by atoms with Crippen LogP contribution in [0.25, 0.3) is 0 Å². The molecule has 0 bridgehead atoms. The van der Waals surface area contributed by atoms with Gasteiger partial charge in [0.2, 0.25) is 0 Å². The topological polar surface area (TPSA) is 67.3 Å². The third kappa shape index (κ3) is 2.71. The fourth-order valence-corrected chi connectivity index (χ4v) is 3.53. The highest BCUT2D eigenvalue weighted by molar-refractivity contribution is 7.90. The summed E-state index contributed by atoms with van der Waals surface area (Å²) >= 11 is 0. The SMILES string of the molecule is CS(=O)(=O)c1ccc(C(O)C2CCc3cccnc32)cc1. The minimum absolute atomic E-state index is 0.0229. The Morgan fingerprint density at radius 2 is 1.95 bits per heavy atom. The van der Waals surface area contributed by atoms with E-state index in [0.717, 1.165) is 24.1 Å². The second-order valence-electron chi connectivity index (χ2n) is 5.48. The van der Waals surface area contributed by atoms with Crippen LogP contribution < -0.4 is 0 Å². The summed E-state index contributed by atoms with van der Waals surface area (Å²) in [6, 6.07) is 10.4. The molecule has 2 unspecified atom stereocenters. The zero-order valence-electron chi connectivity index (χ0n) is 11.7. The number of hydrogen-bond acceptors (Lipinski definition) is 4. The Kier molecular flexibility index (Phi) is 3.55. The average molecular weight is 303 g/mol. The van der Waals surface area contributed by atoms with Crippen molar-refractivity contribution in [3.63, 3.8) is 0 Å². The molecule has 2 aromatic rings. The monoisotopic (exact) mass is 303 g/mol. The van der Waals surface area contributed by atoms with E-state index in [4.69, 9.17) is 0 Å². The molecule has 0 saturated heterocycles. The van der Waals surface area contributed by atoms with Crippen LogP contribution in [-0.4, -0.2) is 24.8 Å². The minimum Gasteiger partial charge on any atom is -0.388 e. The van der Waals surface area contributed by atoms with Gasteiger partial charge in [-0.05, 0) is 42.2 Å². The molecule has 0 radical (unpaired) electrons. The van der Waals surface area contributed by atoms with Crippen molar-refractivity contribution in [1.82, 2.24) is 4.98 Å². The summed E-state index contributed by atoms with van der Waals surface area (Å²) in [6.45, 7) is 0. The smallest absolute Gasteiger partial charge is 0.175 e. The first-order valence-electron chi connectivity index (χ1n) is 6.88. The molecule has 4 nitrogen and oxygen atoms in total. The summed E-state index contributed by atoms with van der Waals surface area (Å²) in [5.41, 5.74) is 2.87. The van der Waals surface area contributed by atoms with Gasteiger partial charge in [-0.3, -0.25) is 4.98 Å². The van der Waals surface area contributed by atoms with Crippen molar-refractivity contribution in [2.24, 2.45) is 0 Å². The van der Waals surface area contributed by atoms with E-state index < -0.39 is 15.9 Å². The predicted molar refractivity (Wildman–Crippen MR) is 79.8 cm³/mol. The zero-order chi connectivity index (χ0) is 15.0. The standard InChI is InChI=1S/C16H17NO3S/c1-21(19,20)13-7-4-12(5-8-13)16(18)14-9-6-11-3-2-10-17-15(11)14/h2-5,7-8,10,14,16,18H,6,9H2,1H3. The van der Waals surface area contributed by atoms with Crippen LogP contribution in [0.4, 0.5) is 0 Å².